The van der Waals surface area contributed by atoms with Gasteiger partial charge in [-0.25, -0.2) is 17.9 Å². The second-order valence-corrected chi connectivity index (χ2v) is 10.9. The molecule has 36 heavy (non-hydrogen) atoms. The van der Waals surface area contributed by atoms with Crippen LogP contribution in [-0.2, 0) is 30.5 Å². The maximum Gasteiger partial charge on any atom is 0.346 e. The molecule has 0 radical (unpaired) electrons. The molecule has 10 nitrogen and oxygen atoms in total. The quantitative estimate of drug-likeness (QED) is 0.266. The molecule has 4 rings (SSSR count). The maximum absolute atomic E-state index is 13.7. The average Bonchev–Trinajstić information content (AvgIpc) is 3.47. The van der Waals surface area contributed by atoms with Gasteiger partial charge in [0.05, 0.1) is 33.9 Å². The lowest BCUT2D eigenvalue weighted by atomic mass is 10.0. The van der Waals surface area contributed by atoms with Gasteiger partial charge in [0.1, 0.15) is 5.56 Å². The predicted molar refractivity (Wildman–Crippen MR) is 132 cm³/mol. The van der Waals surface area contributed by atoms with E-state index in [1.165, 1.54) is 16.8 Å². The van der Waals surface area contributed by atoms with E-state index in [1.807, 2.05) is 6.92 Å². The average molecular weight is 530 g/mol. The lowest BCUT2D eigenvalue weighted by Gasteiger charge is -2.14. The van der Waals surface area contributed by atoms with Gasteiger partial charge in [-0.3, -0.25) is 9.48 Å². The molecule has 3 aromatic heterocycles. The zero-order chi connectivity index (χ0) is 26.4. The summed E-state index contributed by atoms with van der Waals surface area (Å²) in [6.45, 7) is 3.50. The van der Waals surface area contributed by atoms with Crippen LogP contribution in [0.3, 0.4) is 0 Å². The number of benzene rings is 1. The Kier molecular flexibility index (Phi) is 6.63. The van der Waals surface area contributed by atoms with Crippen LogP contribution < -0.4 is 4.74 Å². The van der Waals surface area contributed by atoms with Crippen molar-refractivity contribution in [3.63, 3.8) is 0 Å². The first kappa shape index (κ1) is 25.4. The number of ketones is 1. The van der Waals surface area contributed by atoms with E-state index in [1.54, 1.807) is 61.1 Å². The summed E-state index contributed by atoms with van der Waals surface area (Å²) in [7, 11) is -0.337. The zero-order valence-corrected chi connectivity index (χ0v) is 21.9. The standard InChI is InChI=1S/C24H24ClN5O5S/c1-14-10-26-30(11-14)13-18-19(36(5,33)34)7-6-17(21(18)25)22(31)20-15(2)27-29(4)23(20)35-24(32)16-8-9-28(3)12-16/h6-12H,13H2,1-5H3. The SMILES string of the molecule is Cc1cnn(Cc2c(S(C)(=O)=O)ccc(C(=O)c3c(C)nn(C)c3OC(=O)c3ccn(C)c3)c2Cl)c1. The van der Waals surface area contributed by atoms with Crippen molar-refractivity contribution in [1.82, 2.24) is 24.1 Å². The Morgan fingerprint density at radius 1 is 1.11 bits per heavy atom. The number of nitrogens with zero attached hydrogens (tertiary/aromatic N) is 5. The highest BCUT2D eigenvalue weighted by molar-refractivity contribution is 7.90. The van der Waals surface area contributed by atoms with E-state index in [0.29, 0.717) is 11.3 Å². The molecule has 0 unspecified atom stereocenters. The lowest BCUT2D eigenvalue weighted by Crippen LogP contribution is -2.15. The molecule has 0 atom stereocenters. The van der Waals surface area contributed by atoms with Crippen LogP contribution in [0.4, 0.5) is 0 Å². The number of carbonyl (C=O) groups excluding carboxylic acids is 2. The number of aryl methyl sites for hydroxylation is 4. The molecule has 0 fully saturated rings. The van der Waals surface area contributed by atoms with Crippen molar-refractivity contribution in [3.8, 4) is 5.88 Å². The monoisotopic (exact) mass is 529 g/mol. The van der Waals surface area contributed by atoms with E-state index < -0.39 is 21.6 Å². The van der Waals surface area contributed by atoms with E-state index >= 15 is 0 Å². The number of rotatable bonds is 7. The van der Waals surface area contributed by atoms with Gasteiger partial charge in [-0.1, -0.05) is 11.6 Å². The van der Waals surface area contributed by atoms with Crippen molar-refractivity contribution in [2.45, 2.75) is 25.3 Å². The summed E-state index contributed by atoms with van der Waals surface area (Å²) in [5, 5.41) is 8.43. The van der Waals surface area contributed by atoms with Gasteiger partial charge in [0.15, 0.2) is 9.84 Å². The first-order valence-corrected chi connectivity index (χ1v) is 13.1. The van der Waals surface area contributed by atoms with Crippen LogP contribution in [0.2, 0.25) is 5.02 Å². The molecule has 4 aromatic rings. The van der Waals surface area contributed by atoms with Gasteiger partial charge < -0.3 is 9.30 Å². The highest BCUT2D eigenvalue weighted by atomic mass is 35.5. The first-order valence-electron chi connectivity index (χ1n) is 10.8. The van der Waals surface area contributed by atoms with E-state index in [4.69, 9.17) is 16.3 Å². The molecule has 0 amide bonds. The van der Waals surface area contributed by atoms with Crippen LogP contribution in [0, 0.1) is 13.8 Å². The van der Waals surface area contributed by atoms with Crippen LogP contribution in [-0.4, -0.2) is 50.6 Å². The Morgan fingerprint density at radius 3 is 2.42 bits per heavy atom. The summed E-state index contributed by atoms with van der Waals surface area (Å²) >= 11 is 6.67. The Labute approximate surface area is 213 Å². The van der Waals surface area contributed by atoms with Crippen molar-refractivity contribution >= 4 is 33.2 Å². The molecule has 0 bridgehead atoms. The largest absolute Gasteiger partial charge is 0.403 e. The van der Waals surface area contributed by atoms with Gasteiger partial charge in [0.25, 0.3) is 0 Å². The Balaban J connectivity index is 1.79. The van der Waals surface area contributed by atoms with Crippen molar-refractivity contribution in [1.29, 1.82) is 0 Å². The van der Waals surface area contributed by atoms with Gasteiger partial charge in [-0.15, -0.1) is 0 Å². The van der Waals surface area contributed by atoms with Crippen LogP contribution in [0.25, 0.3) is 0 Å². The molecule has 0 aliphatic rings. The molecule has 0 aliphatic heterocycles. The van der Waals surface area contributed by atoms with Crippen LogP contribution in [0.15, 0.2) is 47.9 Å². The minimum Gasteiger partial charge on any atom is -0.403 e. The number of carbonyl (C=O) groups is 2. The van der Waals surface area contributed by atoms with Crippen LogP contribution in [0.5, 0.6) is 5.88 Å². The third-order valence-corrected chi connectivity index (χ3v) is 7.19. The number of ether oxygens (including phenoxy) is 1. The zero-order valence-electron chi connectivity index (χ0n) is 20.3. The first-order chi connectivity index (χ1) is 16.9. The molecule has 0 spiro atoms. The lowest BCUT2D eigenvalue weighted by molar-refractivity contribution is 0.0718. The summed E-state index contributed by atoms with van der Waals surface area (Å²) in [4.78, 5) is 26.4. The number of hydrogen-bond acceptors (Lipinski definition) is 7. The molecule has 0 saturated heterocycles. The number of halogens is 1. The molecule has 3 heterocycles. The van der Waals surface area contributed by atoms with Gasteiger partial charge in [-0.2, -0.15) is 10.2 Å². The van der Waals surface area contributed by atoms with Gasteiger partial charge in [0, 0.05) is 50.1 Å². The minimum atomic E-state index is -3.66. The number of hydrogen-bond donors (Lipinski definition) is 0. The third kappa shape index (κ3) is 4.84. The Morgan fingerprint density at radius 2 is 1.83 bits per heavy atom. The smallest absolute Gasteiger partial charge is 0.346 e. The summed E-state index contributed by atoms with van der Waals surface area (Å²) in [6.07, 6.45) is 7.74. The van der Waals surface area contributed by atoms with E-state index in [2.05, 4.69) is 10.2 Å². The van der Waals surface area contributed by atoms with Crippen molar-refractivity contribution in [3.05, 3.63) is 81.5 Å². The summed E-state index contributed by atoms with van der Waals surface area (Å²) in [5.74, 6) is -1.25. The Bertz CT molecular complexity index is 1610. The predicted octanol–water partition coefficient (Wildman–Crippen LogP) is 3.13. The molecular formula is C24H24ClN5O5S. The minimum absolute atomic E-state index is 0.00385. The molecule has 12 heteroatoms. The topological polar surface area (TPSA) is 118 Å². The molecule has 188 valence electrons. The number of aromatic nitrogens is 5. The van der Waals surface area contributed by atoms with E-state index in [0.717, 1.165) is 11.8 Å². The van der Waals surface area contributed by atoms with Crippen LogP contribution in [0.1, 0.15) is 43.1 Å². The molecule has 0 N–H and O–H groups in total. The second kappa shape index (κ2) is 9.40. The number of esters is 1. The fourth-order valence-corrected chi connectivity index (χ4v) is 5.21. The third-order valence-electron chi connectivity index (χ3n) is 5.58. The highest BCUT2D eigenvalue weighted by Gasteiger charge is 2.29. The second-order valence-electron chi connectivity index (χ2n) is 8.56. The van der Waals surface area contributed by atoms with Gasteiger partial charge in [0.2, 0.25) is 11.7 Å². The van der Waals surface area contributed by atoms with E-state index in [9.17, 15) is 18.0 Å². The molecular weight excluding hydrogens is 506 g/mol. The molecule has 1 aromatic carbocycles. The maximum atomic E-state index is 13.7. The van der Waals surface area contributed by atoms with E-state index in [-0.39, 0.29) is 39.0 Å². The summed E-state index contributed by atoms with van der Waals surface area (Å²) in [5.41, 5.74) is 1.85. The normalized spacial score (nSPS) is 11.6. The highest BCUT2D eigenvalue weighted by Crippen LogP contribution is 2.33. The number of sulfone groups is 1. The fraction of sp³-hybridized carbons (Fsp3) is 0.250. The van der Waals surface area contributed by atoms with Crippen molar-refractivity contribution < 1.29 is 22.7 Å². The summed E-state index contributed by atoms with van der Waals surface area (Å²) in [6, 6.07) is 4.30. The van der Waals surface area contributed by atoms with Gasteiger partial charge >= 0.3 is 5.97 Å². The fourth-order valence-electron chi connectivity index (χ4n) is 3.91. The molecule has 0 saturated carbocycles. The van der Waals surface area contributed by atoms with Crippen LogP contribution >= 0.6 is 11.6 Å². The molecule has 0 aliphatic carbocycles. The van der Waals surface area contributed by atoms with Gasteiger partial charge in [-0.05, 0) is 37.6 Å². The summed E-state index contributed by atoms with van der Waals surface area (Å²) < 4.78 is 35.1. The Hall–Kier alpha value is -3.70. The van der Waals surface area contributed by atoms with Crippen molar-refractivity contribution in [2.24, 2.45) is 14.1 Å². The van der Waals surface area contributed by atoms with Crippen molar-refractivity contribution in [2.75, 3.05) is 6.26 Å².